The number of rotatable bonds is 4. The molecule has 0 saturated carbocycles. The summed E-state index contributed by atoms with van der Waals surface area (Å²) < 4.78 is 5.11. The van der Waals surface area contributed by atoms with Crippen molar-refractivity contribution in [3.05, 3.63) is 54.1 Å². The number of carbonyl (C=O) groups is 1. The fourth-order valence-electron chi connectivity index (χ4n) is 2.97. The molecule has 24 heavy (non-hydrogen) atoms. The fraction of sp³-hybridized carbons (Fsp3) is 0.350. The number of anilines is 2. The van der Waals surface area contributed by atoms with Gasteiger partial charge >= 0.3 is 0 Å². The molecule has 1 saturated heterocycles. The van der Waals surface area contributed by atoms with Crippen LogP contribution in [0.5, 0.6) is 5.75 Å². The highest BCUT2D eigenvalue weighted by Gasteiger charge is 2.16. The van der Waals surface area contributed by atoms with E-state index in [1.165, 1.54) is 18.5 Å². The third-order valence-electron chi connectivity index (χ3n) is 4.63. The molecule has 0 bridgehead atoms. The Hall–Kier alpha value is -2.49. The predicted molar refractivity (Wildman–Crippen MR) is 98.0 cm³/mol. The summed E-state index contributed by atoms with van der Waals surface area (Å²) in [4.78, 5) is 14.7. The minimum absolute atomic E-state index is 0.114. The van der Waals surface area contributed by atoms with Gasteiger partial charge < -0.3 is 15.0 Å². The van der Waals surface area contributed by atoms with E-state index in [4.69, 9.17) is 4.74 Å². The van der Waals surface area contributed by atoms with E-state index in [0.29, 0.717) is 5.56 Å². The summed E-state index contributed by atoms with van der Waals surface area (Å²) in [5, 5.41) is 2.93. The largest absolute Gasteiger partial charge is 0.497 e. The van der Waals surface area contributed by atoms with E-state index in [1.807, 2.05) is 12.1 Å². The smallest absolute Gasteiger partial charge is 0.255 e. The van der Waals surface area contributed by atoms with Gasteiger partial charge in [0.2, 0.25) is 0 Å². The summed E-state index contributed by atoms with van der Waals surface area (Å²) in [5.41, 5.74) is 2.65. The fourth-order valence-corrected chi connectivity index (χ4v) is 2.97. The first-order chi connectivity index (χ1) is 11.7. The number of nitrogens with one attached hydrogen (secondary N) is 1. The highest BCUT2D eigenvalue weighted by Crippen LogP contribution is 2.24. The van der Waals surface area contributed by atoms with Crippen LogP contribution < -0.4 is 15.0 Å². The molecule has 1 aliphatic heterocycles. The minimum Gasteiger partial charge on any atom is -0.497 e. The van der Waals surface area contributed by atoms with Gasteiger partial charge in [-0.15, -0.1) is 0 Å². The molecule has 0 radical (unpaired) electrons. The normalized spacial score (nSPS) is 15.2. The van der Waals surface area contributed by atoms with E-state index < -0.39 is 0 Å². The Kier molecular flexibility index (Phi) is 5.04. The van der Waals surface area contributed by atoms with Crippen LogP contribution in [0.3, 0.4) is 0 Å². The average Bonchev–Trinajstić information content (AvgIpc) is 2.63. The zero-order valence-electron chi connectivity index (χ0n) is 14.3. The molecule has 1 amide bonds. The number of ether oxygens (including phenoxy) is 1. The van der Waals surface area contributed by atoms with Gasteiger partial charge in [-0.3, -0.25) is 4.79 Å². The summed E-state index contributed by atoms with van der Waals surface area (Å²) in [7, 11) is 1.61. The van der Waals surface area contributed by atoms with Crippen LogP contribution in [0.4, 0.5) is 11.4 Å². The summed E-state index contributed by atoms with van der Waals surface area (Å²) >= 11 is 0. The van der Waals surface area contributed by atoms with Crippen molar-refractivity contribution in [3.63, 3.8) is 0 Å². The molecule has 2 aromatic carbocycles. The van der Waals surface area contributed by atoms with E-state index in [9.17, 15) is 4.79 Å². The van der Waals surface area contributed by atoms with Crippen LogP contribution >= 0.6 is 0 Å². The van der Waals surface area contributed by atoms with Crippen LogP contribution in [-0.2, 0) is 0 Å². The monoisotopic (exact) mass is 324 g/mol. The Balaban J connectivity index is 1.62. The topological polar surface area (TPSA) is 41.6 Å². The molecule has 126 valence electrons. The molecule has 1 heterocycles. The molecule has 4 heteroatoms. The van der Waals surface area contributed by atoms with Gasteiger partial charge in [0.15, 0.2) is 0 Å². The molecule has 4 nitrogen and oxygen atoms in total. The number of amides is 1. The zero-order valence-corrected chi connectivity index (χ0v) is 14.3. The Morgan fingerprint density at radius 3 is 2.25 bits per heavy atom. The quantitative estimate of drug-likeness (QED) is 0.917. The molecule has 0 unspecified atom stereocenters. The summed E-state index contributed by atoms with van der Waals surface area (Å²) in [5.74, 6) is 1.45. The minimum atomic E-state index is -0.114. The molecule has 1 N–H and O–H groups in total. The lowest BCUT2D eigenvalue weighted by Gasteiger charge is -2.32. The van der Waals surface area contributed by atoms with Gasteiger partial charge in [0.05, 0.1) is 7.11 Å². The Morgan fingerprint density at radius 2 is 1.67 bits per heavy atom. The molecule has 0 aliphatic carbocycles. The molecular formula is C20H24N2O2. The number of piperidine rings is 1. The Bertz CT molecular complexity index is 672. The summed E-state index contributed by atoms with van der Waals surface area (Å²) in [6.45, 7) is 4.53. The van der Waals surface area contributed by atoms with Gasteiger partial charge in [-0.1, -0.05) is 6.92 Å². The second kappa shape index (κ2) is 7.39. The van der Waals surface area contributed by atoms with Gasteiger partial charge in [-0.05, 0) is 67.3 Å². The van der Waals surface area contributed by atoms with E-state index >= 15 is 0 Å². The number of hydrogen-bond acceptors (Lipinski definition) is 3. The molecule has 2 aromatic rings. The predicted octanol–water partition coefficient (Wildman–Crippen LogP) is 4.18. The van der Waals surface area contributed by atoms with Gasteiger partial charge in [0.25, 0.3) is 5.91 Å². The third-order valence-corrected chi connectivity index (χ3v) is 4.63. The Labute approximate surface area is 143 Å². The van der Waals surface area contributed by atoms with Crippen LogP contribution in [0.15, 0.2) is 48.5 Å². The van der Waals surface area contributed by atoms with Crippen LogP contribution in [0.2, 0.25) is 0 Å². The first-order valence-corrected chi connectivity index (χ1v) is 8.46. The second-order valence-electron chi connectivity index (χ2n) is 6.40. The van der Waals surface area contributed by atoms with Crippen LogP contribution in [0, 0.1) is 5.92 Å². The van der Waals surface area contributed by atoms with Crippen molar-refractivity contribution in [1.82, 2.24) is 0 Å². The SMILES string of the molecule is COc1ccc(C(=O)Nc2ccc(N3CCC(C)CC3)cc2)cc1. The average molecular weight is 324 g/mol. The van der Waals surface area contributed by atoms with Crippen molar-refractivity contribution in [2.75, 3.05) is 30.4 Å². The van der Waals surface area contributed by atoms with Crippen LogP contribution in [0.1, 0.15) is 30.1 Å². The first kappa shape index (κ1) is 16.4. The Morgan fingerprint density at radius 1 is 1.04 bits per heavy atom. The molecular weight excluding hydrogens is 300 g/mol. The molecule has 3 rings (SSSR count). The van der Waals surface area contributed by atoms with E-state index in [1.54, 1.807) is 31.4 Å². The molecule has 1 aliphatic rings. The van der Waals surface area contributed by atoms with Gasteiger partial charge in [0, 0.05) is 30.0 Å². The van der Waals surface area contributed by atoms with Crippen molar-refractivity contribution < 1.29 is 9.53 Å². The second-order valence-corrected chi connectivity index (χ2v) is 6.40. The van der Waals surface area contributed by atoms with Crippen molar-refractivity contribution in [3.8, 4) is 5.75 Å². The lowest BCUT2D eigenvalue weighted by molar-refractivity contribution is 0.102. The van der Waals surface area contributed by atoms with Crippen molar-refractivity contribution in [1.29, 1.82) is 0 Å². The number of carbonyl (C=O) groups excluding carboxylic acids is 1. The van der Waals surface area contributed by atoms with E-state index in [-0.39, 0.29) is 5.91 Å². The number of hydrogen-bond donors (Lipinski definition) is 1. The number of benzene rings is 2. The van der Waals surface area contributed by atoms with Crippen LogP contribution in [-0.4, -0.2) is 26.1 Å². The lowest BCUT2D eigenvalue weighted by Crippen LogP contribution is -2.32. The highest BCUT2D eigenvalue weighted by molar-refractivity contribution is 6.04. The first-order valence-electron chi connectivity index (χ1n) is 8.46. The standard InChI is InChI=1S/C20H24N2O2/c1-15-11-13-22(14-12-15)18-7-5-17(6-8-18)21-20(23)16-3-9-19(24-2)10-4-16/h3-10,15H,11-14H2,1-2H3,(H,21,23). The van der Waals surface area contributed by atoms with Crippen molar-refractivity contribution in [2.45, 2.75) is 19.8 Å². The lowest BCUT2D eigenvalue weighted by atomic mass is 9.99. The van der Waals surface area contributed by atoms with Crippen molar-refractivity contribution in [2.24, 2.45) is 5.92 Å². The van der Waals surface area contributed by atoms with Gasteiger partial charge in [0.1, 0.15) is 5.75 Å². The molecule has 0 aromatic heterocycles. The summed E-state index contributed by atoms with van der Waals surface area (Å²) in [6.07, 6.45) is 2.49. The maximum absolute atomic E-state index is 12.3. The maximum Gasteiger partial charge on any atom is 0.255 e. The molecule has 1 fully saturated rings. The van der Waals surface area contributed by atoms with E-state index in [2.05, 4.69) is 29.3 Å². The van der Waals surface area contributed by atoms with Crippen LogP contribution in [0.25, 0.3) is 0 Å². The molecule has 0 atom stereocenters. The highest BCUT2D eigenvalue weighted by atomic mass is 16.5. The zero-order chi connectivity index (χ0) is 16.9. The maximum atomic E-state index is 12.3. The van der Waals surface area contributed by atoms with Gasteiger partial charge in [-0.2, -0.15) is 0 Å². The number of methoxy groups -OCH3 is 1. The van der Waals surface area contributed by atoms with E-state index in [0.717, 1.165) is 30.4 Å². The third kappa shape index (κ3) is 3.88. The number of nitrogens with zero attached hydrogens (tertiary/aromatic N) is 1. The summed E-state index contributed by atoms with van der Waals surface area (Å²) in [6, 6.07) is 15.2. The van der Waals surface area contributed by atoms with Gasteiger partial charge in [-0.25, -0.2) is 0 Å². The van der Waals surface area contributed by atoms with Crippen molar-refractivity contribution >= 4 is 17.3 Å². The molecule has 0 spiro atoms.